The molecule has 0 radical (unpaired) electrons. The topological polar surface area (TPSA) is 82.3 Å². The molecule has 182 valence electrons. The molecule has 1 aromatic heterocycles. The molecule has 1 heterocycles. The lowest BCUT2D eigenvalue weighted by Gasteiger charge is -2.16. The molecule has 0 aliphatic heterocycles. The lowest BCUT2D eigenvalue weighted by molar-refractivity contribution is -0.118. The number of aldehydes is 1. The Kier molecular flexibility index (Phi) is 7.73. The van der Waals surface area contributed by atoms with E-state index in [1.54, 1.807) is 50.4 Å². The lowest BCUT2D eigenvalue weighted by atomic mass is 9.97. The van der Waals surface area contributed by atoms with Gasteiger partial charge in [-0.3, -0.25) is 14.6 Å². The van der Waals surface area contributed by atoms with Gasteiger partial charge in [0, 0.05) is 28.8 Å². The summed E-state index contributed by atoms with van der Waals surface area (Å²) in [6.45, 7) is 3.57. The van der Waals surface area contributed by atoms with E-state index < -0.39 is 0 Å². The number of ether oxygens (including phenoxy) is 1. The van der Waals surface area contributed by atoms with Gasteiger partial charge in [0.15, 0.2) is 5.78 Å². The predicted octanol–water partition coefficient (Wildman–Crippen LogP) is 7.00. The Morgan fingerprint density at radius 1 is 1.00 bits per heavy atom. The minimum atomic E-state index is -0.287. The predicted molar refractivity (Wildman–Crippen MR) is 145 cm³/mol. The number of aromatic nitrogens is 1. The molecule has 0 unspecified atom stereocenters. The number of carbonyl (C=O) groups is 2. The maximum atomic E-state index is 13.0. The number of nitrogens with two attached hydrogens (primary N) is 1. The van der Waals surface area contributed by atoms with Crippen molar-refractivity contribution in [2.24, 2.45) is 11.7 Å². The van der Waals surface area contributed by atoms with Gasteiger partial charge in [-0.05, 0) is 53.2 Å². The Balaban J connectivity index is 1.63. The third kappa shape index (κ3) is 5.43. The van der Waals surface area contributed by atoms with Crippen molar-refractivity contribution in [1.29, 1.82) is 0 Å². The highest BCUT2D eigenvalue weighted by atomic mass is 35.5. The molecule has 0 aliphatic carbocycles. The lowest BCUT2D eigenvalue weighted by Crippen LogP contribution is -2.21. The number of carbonyl (C=O) groups excluding carboxylic acids is 2. The highest BCUT2D eigenvalue weighted by molar-refractivity contribution is 6.37. The molecule has 0 atom stereocenters. The summed E-state index contributed by atoms with van der Waals surface area (Å²) >= 11 is 12.7. The summed E-state index contributed by atoms with van der Waals surface area (Å²) in [4.78, 5) is 28.5. The van der Waals surface area contributed by atoms with Crippen LogP contribution in [0.15, 0.2) is 78.5 Å². The van der Waals surface area contributed by atoms with Gasteiger partial charge in [0.25, 0.3) is 0 Å². The van der Waals surface area contributed by atoms with E-state index in [0.717, 1.165) is 28.3 Å². The van der Waals surface area contributed by atoms with E-state index in [-0.39, 0.29) is 24.0 Å². The zero-order valence-electron chi connectivity index (χ0n) is 19.8. The quantitative estimate of drug-likeness (QED) is 0.200. The summed E-state index contributed by atoms with van der Waals surface area (Å²) in [6, 6.07) is 20.0. The second kappa shape index (κ2) is 10.9. The van der Waals surface area contributed by atoms with E-state index in [9.17, 15) is 9.59 Å². The zero-order valence-corrected chi connectivity index (χ0v) is 21.3. The number of ketones is 1. The molecular formula is C29H24Cl2N2O3. The highest BCUT2D eigenvalue weighted by Crippen LogP contribution is 2.32. The zero-order chi connectivity index (χ0) is 25.8. The van der Waals surface area contributed by atoms with Crippen LogP contribution in [0.4, 0.5) is 0 Å². The maximum absolute atomic E-state index is 13.0. The molecule has 0 fully saturated rings. The molecule has 5 nitrogen and oxygen atoms in total. The van der Waals surface area contributed by atoms with E-state index in [4.69, 9.17) is 33.7 Å². The van der Waals surface area contributed by atoms with Gasteiger partial charge in [-0.1, -0.05) is 61.3 Å². The Morgan fingerprint density at radius 3 is 2.39 bits per heavy atom. The summed E-state index contributed by atoms with van der Waals surface area (Å²) in [5.41, 5.74) is 9.55. The van der Waals surface area contributed by atoms with Gasteiger partial charge in [0.1, 0.15) is 18.6 Å². The number of nitrogens with zero attached hydrogens (tertiary/aromatic N) is 1. The van der Waals surface area contributed by atoms with Crippen molar-refractivity contribution < 1.29 is 14.3 Å². The maximum Gasteiger partial charge on any atom is 0.166 e. The van der Waals surface area contributed by atoms with Crippen LogP contribution in [0.5, 0.6) is 5.75 Å². The smallest absolute Gasteiger partial charge is 0.166 e. The first-order chi connectivity index (χ1) is 17.3. The van der Waals surface area contributed by atoms with Crippen LogP contribution in [-0.4, -0.2) is 23.7 Å². The first-order valence-corrected chi connectivity index (χ1v) is 12.1. The summed E-state index contributed by atoms with van der Waals surface area (Å²) in [5.74, 6) is 0.159. The third-order valence-corrected chi connectivity index (χ3v) is 6.42. The Morgan fingerprint density at radius 2 is 1.69 bits per heavy atom. The molecule has 0 aliphatic rings. The van der Waals surface area contributed by atoms with Crippen LogP contribution in [0.1, 0.15) is 29.8 Å². The van der Waals surface area contributed by atoms with Crippen LogP contribution in [-0.2, 0) is 4.79 Å². The van der Waals surface area contributed by atoms with Crippen molar-refractivity contribution in [3.05, 3.63) is 99.7 Å². The van der Waals surface area contributed by atoms with Crippen LogP contribution in [0.25, 0.3) is 27.7 Å². The van der Waals surface area contributed by atoms with Crippen LogP contribution < -0.4 is 10.5 Å². The Labute approximate surface area is 219 Å². The molecule has 0 saturated carbocycles. The van der Waals surface area contributed by atoms with E-state index >= 15 is 0 Å². The third-order valence-electron chi connectivity index (χ3n) is 5.79. The average molecular weight is 519 g/mol. The van der Waals surface area contributed by atoms with Gasteiger partial charge in [0.05, 0.1) is 27.0 Å². The van der Waals surface area contributed by atoms with Gasteiger partial charge in [0.2, 0.25) is 0 Å². The van der Waals surface area contributed by atoms with E-state index in [1.165, 1.54) is 0 Å². The molecule has 7 heteroatoms. The molecule has 36 heavy (non-hydrogen) atoms. The van der Waals surface area contributed by atoms with Crippen LogP contribution in [0.2, 0.25) is 10.0 Å². The molecule has 0 amide bonds. The second-order valence-electron chi connectivity index (χ2n) is 8.61. The fourth-order valence-electron chi connectivity index (χ4n) is 3.84. The normalized spacial score (nSPS) is 11.9. The van der Waals surface area contributed by atoms with Crippen LogP contribution in [0.3, 0.4) is 0 Å². The number of hydrogen-bond donors (Lipinski definition) is 1. The minimum absolute atomic E-state index is 0.0314. The first-order valence-electron chi connectivity index (χ1n) is 11.3. The van der Waals surface area contributed by atoms with E-state index in [1.807, 2.05) is 36.4 Å². The van der Waals surface area contributed by atoms with Crippen molar-refractivity contribution >= 4 is 51.7 Å². The van der Waals surface area contributed by atoms with E-state index in [0.29, 0.717) is 32.5 Å². The van der Waals surface area contributed by atoms with Crippen molar-refractivity contribution in [1.82, 2.24) is 4.98 Å². The monoisotopic (exact) mass is 518 g/mol. The van der Waals surface area contributed by atoms with Gasteiger partial charge in [-0.2, -0.15) is 0 Å². The number of rotatable bonds is 8. The molecule has 2 N–H and O–H groups in total. The number of benzene rings is 3. The average Bonchev–Trinajstić information content (AvgIpc) is 2.88. The second-order valence-corrected chi connectivity index (χ2v) is 9.43. The van der Waals surface area contributed by atoms with E-state index in [2.05, 4.69) is 4.98 Å². The fraction of sp³-hybridized carbons (Fsp3) is 0.138. The minimum Gasteiger partial charge on any atom is -0.489 e. The Hall–Kier alpha value is -3.67. The molecule has 4 rings (SSSR count). The summed E-state index contributed by atoms with van der Waals surface area (Å²) in [6.07, 6.45) is 2.42. The summed E-state index contributed by atoms with van der Waals surface area (Å²) in [5, 5.41) is 2.66. The van der Waals surface area contributed by atoms with Gasteiger partial charge in [-0.25, -0.2) is 0 Å². The molecule has 0 bridgehead atoms. The Bertz CT molecular complexity index is 1480. The molecular weight excluding hydrogens is 495 g/mol. The van der Waals surface area contributed by atoms with Gasteiger partial charge < -0.3 is 10.5 Å². The van der Waals surface area contributed by atoms with Crippen molar-refractivity contribution in [2.75, 3.05) is 6.61 Å². The number of hydrogen-bond acceptors (Lipinski definition) is 5. The molecule has 0 saturated heterocycles. The number of pyridine rings is 1. The van der Waals surface area contributed by atoms with Crippen molar-refractivity contribution in [3.63, 3.8) is 0 Å². The number of fused-ring (bicyclic) bond motifs is 1. The fourth-order valence-corrected chi connectivity index (χ4v) is 4.44. The SMILES string of the molecule is CC(C)C(=O)/C(COc1ccc2cc(-c3cc(C=O)ccn3)ccc2c1)=C(\N)c1c(Cl)cccc1Cl. The number of Topliss-reactive ketones (excluding diaryl/α,β-unsaturated/α-hetero) is 1. The van der Waals surface area contributed by atoms with Gasteiger partial charge in [-0.15, -0.1) is 0 Å². The van der Waals surface area contributed by atoms with Gasteiger partial charge >= 0.3 is 0 Å². The van der Waals surface area contributed by atoms with Crippen molar-refractivity contribution in [3.8, 4) is 17.0 Å². The number of halogens is 2. The van der Waals surface area contributed by atoms with Crippen LogP contribution in [0, 0.1) is 5.92 Å². The molecule has 3 aromatic carbocycles. The van der Waals surface area contributed by atoms with Crippen LogP contribution >= 0.6 is 23.2 Å². The summed E-state index contributed by atoms with van der Waals surface area (Å²) < 4.78 is 6.02. The summed E-state index contributed by atoms with van der Waals surface area (Å²) in [7, 11) is 0. The van der Waals surface area contributed by atoms with Crippen molar-refractivity contribution in [2.45, 2.75) is 13.8 Å². The highest BCUT2D eigenvalue weighted by Gasteiger charge is 2.21. The first kappa shape index (κ1) is 25.4. The largest absolute Gasteiger partial charge is 0.489 e. The molecule has 4 aromatic rings. The molecule has 0 spiro atoms. The standard InChI is InChI=1S/C29H24Cl2N2O3/c1-17(2)29(35)23(28(32)27-24(30)4-3-5-25(27)31)16-36-22-9-8-19-13-21(7-6-20(19)14-22)26-12-18(15-34)10-11-33-26/h3-15,17H,16,32H2,1-2H3/b28-23-.